The first-order chi connectivity index (χ1) is 34.1. The molecular formula is C57H94O12S. The molecule has 0 aromatic carbocycles. The molecular weight excluding hydrogens is 909 g/mol. The van der Waals surface area contributed by atoms with Gasteiger partial charge in [0.25, 0.3) is 0 Å². The zero-order chi connectivity index (χ0) is 51.0. The smallest absolute Gasteiger partial charge is 0.397 e. The third kappa shape index (κ3) is 39.4. The molecule has 6 unspecified atom stereocenters. The maximum atomic E-state index is 12.9. The second-order valence-corrected chi connectivity index (χ2v) is 18.7. The minimum atomic E-state index is -5.08. The lowest BCUT2D eigenvalue weighted by Crippen LogP contribution is -2.60. The van der Waals surface area contributed by atoms with Crippen molar-refractivity contribution in [2.45, 2.75) is 218 Å². The van der Waals surface area contributed by atoms with Crippen LogP contribution in [-0.2, 0) is 38.3 Å². The predicted molar refractivity (Wildman–Crippen MR) is 284 cm³/mol. The number of carbonyl (C=O) groups excluding carboxylic acids is 1. The van der Waals surface area contributed by atoms with E-state index in [9.17, 15) is 33.1 Å². The van der Waals surface area contributed by atoms with Gasteiger partial charge >= 0.3 is 16.4 Å². The number of unbranched alkanes of at least 4 members (excludes halogenated alkanes) is 14. The SMILES string of the molecule is CC/C=C\C/C=C\C/C=C\C/C=C\C/C=C\CCCCCCCC(=O)OC(COCCCCCCCCCCC/C=C\C/C=C\C/C=C\C/C=C\CC)COC1OC(CO)C(O)C(OS(=O)(=O)O)C1O. The summed E-state index contributed by atoms with van der Waals surface area (Å²) in [6.45, 7) is 3.72. The van der Waals surface area contributed by atoms with Gasteiger partial charge in [-0.1, -0.05) is 187 Å². The summed E-state index contributed by atoms with van der Waals surface area (Å²) in [5.74, 6) is -0.424. The molecule has 400 valence electrons. The fourth-order valence-electron chi connectivity index (χ4n) is 7.45. The first-order valence-corrected chi connectivity index (χ1v) is 28.0. The number of carbonyl (C=O) groups is 1. The molecule has 0 saturated carbocycles. The number of esters is 1. The highest BCUT2D eigenvalue weighted by Gasteiger charge is 2.48. The minimum Gasteiger partial charge on any atom is -0.457 e. The van der Waals surface area contributed by atoms with Crippen molar-refractivity contribution in [2.75, 3.05) is 26.4 Å². The van der Waals surface area contributed by atoms with E-state index in [1.54, 1.807) is 0 Å². The molecule has 0 aromatic rings. The molecule has 13 heteroatoms. The number of ether oxygens (including phenoxy) is 4. The van der Waals surface area contributed by atoms with Gasteiger partial charge < -0.3 is 34.3 Å². The zero-order valence-electron chi connectivity index (χ0n) is 43.0. The van der Waals surface area contributed by atoms with Crippen LogP contribution in [-0.4, -0.2) is 97.5 Å². The average Bonchev–Trinajstić information content (AvgIpc) is 3.34. The summed E-state index contributed by atoms with van der Waals surface area (Å²) in [7, 11) is -5.08. The highest BCUT2D eigenvalue weighted by molar-refractivity contribution is 7.80. The molecule has 12 nitrogen and oxygen atoms in total. The van der Waals surface area contributed by atoms with E-state index in [4.69, 9.17) is 18.9 Å². The van der Waals surface area contributed by atoms with Gasteiger partial charge in [-0.2, -0.15) is 8.42 Å². The number of aliphatic hydroxyl groups excluding tert-OH is 3. The normalized spacial score (nSPS) is 20.0. The molecule has 4 N–H and O–H groups in total. The number of hydrogen-bond donors (Lipinski definition) is 4. The van der Waals surface area contributed by atoms with Crippen LogP contribution in [0.4, 0.5) is 0 Å². The van der Waals surface area contributed by atoms with Crippen molar-refractivity contribution in [2.24, 2.45) is 0 Å². The number of aliphatic hydroxyl groups is 3. The summed E-state index contributed by atoms with van der Waals surface area (Å²) >= 11 is 0. The van der Waals surface area contributed by atoms with Gasteiger partial charge in [0.2, 0.25) is 0 Å². The maximum absolute atomic E-state index is 12.9. The van der Waals surface area contributed by atoms with Crippen LogP contribution in [0.15, 0.2) is 109 Å². The highest BCUT2D eigenvalue weighted by atomic mass is 32.3. The zero-order valence-corrected chi connectivity index (χ0v) is 43.8. The van der Waals surface area contributed by atoms with E-state index in [1.807, 2.05) is 0 Å². The van der Waals surface area contributed by atoms with E-state index < -0.39 is 59.8 Å². The van der Waals surface area contributed by atoms with Crippen molar-refractivity contribution in [1.29, 1.82) is 0 Å². The summed E-state index contributed by atoms with van der Waals surface area (Å²) in [6.07, 6.45) is 56.8. The first-order valence-electron chi connectivity index (χ1n) is 26.6. The van der Waals surface area contributed by atoms with E-state index in [0.717, 1.165) is 116 Å². The molecule has 1 heterocycles. The van der Waals surface area contributed by atoms with E-state index >= 15 is 0 Å². The van der Waals surface area contributed by atoms with Gasteiger partial charge in [0.15, 0.2) is 6.29 Å². The van der Waals surface area contributed by atoms with Gasteiger partial charge in [-0.3, -0.25) is 9.35 Å². The number of rotatable bonds is 45. The quantitative estimate of drug-likeness (QED) is 0.0197. The summed E-state index contributed by atoms with van der Waals surface area (Å²) in [5.41, 5.74) is 0. The van der Waals surface area contributed by atoms with E-state index in [1.165, 1.54) is 38.5 Å². The second kappa shape index (κ2) is 46.8. The van der Waals surface area contributed by atoms with Crippen LogP contribution in [0.3, 0.4) is 0 Å². The molecule has 70 heavy (non-hydrogen) atoms. The van der Waals surface area contributed by atoms with Crippen molar-refractivity contribution in [1.82, 2.24) is 0 Å². The molecule has 1 aliphatic rings. The Kier molecular flexibility index (Phi) is 43.3. The Labute approximate surface area is 424 Å². The van der Waals surface area contributed by atoms with Crippen molar-refractivity contribution in [3.63, 3.8) is 0 Å². The second-order valence-electron chi connectivity index (χ2n) is 17.7. The molecule has 0 bridgehead atoms. The summed E-state index contributed by atoms with van der Waals surface area (Å²) in [5, 5.41) is 30.8. The Hall–Kier alpha value is -3.24. The van der Waals surface area contributed by atoms with Gasteiger partial charge in [-0.05, 0) is 96.3 Å². The van der Waals surface area contributed by atoms with Crippen molar-refractivity contribution < 1.29 is 56.2 Å². The Morgan fingerprint density at radius 2 is 0.943 bits per heavy atom. The fourth-order valence-corrected chi connectivity index (χ4v) is 7.96. The molecule has 1 saturated heterocycles. The van der Waals surface area contributed by atoms with Gasteiger partial charge in [0.05, 0.1) is 19.8 Å². The monoisotopic (exact) mass is 1000 g/mol. The third-order valence-corrected chi connectivity index (χ3v) is 11.9. The summed E-state index contributed by atoms with van der Waals surface area (Å²) < 4.78 is 59.3. The standard InChI is InChI=1S/C57H94O12S/c1-3-5-7-9-11-13-15-17-19-21-23-25-27-29-31-33-35-37-39-41-43-45-47-65-49-51(50-66-57-55(61)56(69-70(62,63)64)54(60)52(48-58)68-57)67-53(59)46-44-42-40-38-36-34-32-30-28-26-24-22-20-18-16-14-12-10-8-6-4-2/h5-8,11-14,17-20,23-26,30,32,51-52,54-58,60-61H,3-4,9-10,15-16,21-22,27-29,31,33-50H2,1-2H3,(H,62,63,64)/b7-5-,8-6-,13-11-,14-12-,19-17-,20-18-,25-23-,26-24-,32-30-. The Balaban J connectivity index is 2.38. The average molecular weight is 1000 g/mol. The lowest BCUT2D eigenvalue weighted by atomic mass is 9.99. The summed E-state index contributed by atoms with van der Waals surface area (Å²) in [6, 6.07) is 0. The third-order valence-electron chi connectivity index (χ3n) is 11.4. The van der Waals surface area contributed by atoms with E-state index in [2.05, 4.69) is 127 Å². The van der Waals surface area contributed by atoms with Gasteiger partial charge in [-0.15, -0.1) is 0 Å². The van der Waals surface area contributed by atoms with Crippen LogP contribution in [0.2, 0.25) is 0 Å². The molecule has 0 aliphatic carbocycles. The van der Waals surface area contributed by atoms with Gasteiger partial charge in [0.1, 0.15) is 30.5 Å². The van der Waals surface area contributed by atoms with E-state index in [0.29, 0.717) is 13.0 Å². The van der Waals surface area contributed by atoms with Gasteiger partial charge in [0, 0.05) is 13.0 Å². The molecule has 0 spiro atoms. The topological polar surface area (TPSA) is 178 Å². The lowest BCUT2D eigenvalue weighted by Gasteiger charge is -2.41. The van der Waals surface area contributed by atoms with Crippen molar-refractivity contribution in [3.8, 4) is 0 Å². The lowest BCUT2D eigenvalue weighted by molar-refractivity contribution is -0.301. The molecule has 1 aliphatic heterocycles. The van der Waals surface area contributed by atoms with Crippen molar-refractivity contribution in [3.05, 3.63) is 109 Å². The molecule has 1 rings (SSSR count). The Bertz CT molecular complexity index is 1630. The fraction of sp³-hybridized carbons (Fsp3) is 0.667. The Morgan fingerprint density at radius 3 is 1.37 bits per heavy atom. The molecule has 6 atom stereocenters. The van der Waals surface area contributed by atoms with Crippen LogP contribution in [0.25, 0.3) is 0 Å². The van der Waals surface area contributed by atoms with Crippen LogP contribution in [0.5, 0.6) is 0 Å². The number of hydrogen-bond acceptors (Lipinski definition) is 11. The molecule has 0 amide bonds. The Morgan fingerprint density at radius 1 is 0.543 bits per heavy atom. The predicted octanol–water partition coefficient (Wildman–Crippen LogP) is 12.7. The number of allylic oxidation sites excluding steroid dienone is 18. The first kappa shape index (κ1) is 64.8. The minimum absolute atomic E-state index is 0.0161. The van der Waals surface area contributed by atoms with Gasteiger partial charge in [-0.25, -0.2) is 4.18 Å². The largest absolute Gasteiger partial charge is 0.457 e. The van der Waals surface area contributed by atoms with Crippen molar-refractivity contribution >= 4 is 16.4 Å². The highest BCUT2D eigenvalue weighted by Crippen LogP contribution is 2.26. The van der Waals surface area contributed by atoms with Crippen LogP contribution >= 0.6 is 0 Å². The van der Waals surface area contributed by atoms with Crippen LogP contribution in [0, 0.1) is 0 Å². The molecule has 0 radical (unpaired) electrons. The summed E-state index contributed by atoms with van der Waals surface area (Å²) in [4.78, 5) is 12.9. The van der Waals surface area contributed by atoms with Crippen LogP contribution in [0.1, 0.15) is 181 Å². The molecule has 0 aromatic heterocycles. The maximum Gasteiger partial charge on any atom is 0.397 e. The van der Waals surface area contributed by atoms with E-state index in [-0.39, 0.29) is 19.6 Å². The van der Waals surface area contributed by atoms with Crippen LogP contribution < -0.4 is 0 Å². The molecule has 1 fully saturated rings.